The van der Waals surface area contributed by atoms with Crippen molar-refractivity contribution in [1.29, 1.82) is 5.26 Å². The Morgan fingerprint density at radius 3 is 2.74 bits per heavy atom. The molecular weight excluding hydrogens is 398 g/mol. The number of nitrogens with zero attached hydrogens (tertiary/aromatic N) is 3. The molecule has 1 amide bonds. The lowest BCUT2D eigenvalue weighted by Gasteiger charge is -2.07. The van der Waals surface area contributed by atoms with Crippen LogP contribution in [0.25, 0.3) is 16.9 Å². The number of methoxy groups -OCH3 is 2. The van der Waals surface area contributed by atoms with Gasteiger partial charge in [-0.3, -0.25) is 14.7 Å². The highest BCUT2D eigenvalue weighted by molar-refractivity contribution is 5.93. The van der Waals surface area contributed by atoms with E-state index in [0.717, 1.165) is 12.8 Å². The number of aromatic amines is 1. The largest absolute Gasteiger partial charge is 0.496 e. The number of hydrogen-bond donors (Lipinski definition) is 2. The Balaban J connectivity index is 1.77. The van der Waals surface area contributed by atoms with Crippen molar-refractivity contribution < 1.29 is 14.3 Å². The van der Waals surface area contributed by atoms with Crippen LogP contribution in [0.4, 0.5) is 0 Å². The maximum atomic E-state index is 12.9. The summed E-state index contributed by atoms with van der Waals surface area (Å²) in [5, 5.41) is 14.8. The number of benzene rings is 1. The van der Waals surface area contributed by atoms with Gasteiger partial charge in [-0.1, -0.05) is 0 Å². The van der Waals surface area contributed by atoms with E-state index in [-0.39, 0.29) is 11.5 Å². The quantitative estimate of drug-likeness (QED) is 0.511. The Labute approximate surface area is 179 Å². The van der Waals surface area contributed by atoms with E-state index in [1.165, 1.54) is 18.0 Å². The van der Waals surface area contributed by atoms with Crippen LogP contribution >= 0.6 is 0 Å². The number of nitrogens with one attached hydrogen (secondary N) is 2. The van der Waals surface area contributed by atoms with Crippen molar-refractivity contribution in [3.05, 3.63) is 64.2 Å². The first-order chi connectivity index (χ1) is 15.1. The van der Waals surface area contributed by atoms with Crippen LogP contribution in [0.1, 0.15) is 28.8 Å². The monoisotopic (exact) mass is 421 g/mol. The van der Waals surface area contributed by atoms with Crippen LogP contribution in [0.15, 0.2) is 47.5 Å². The number of ether oxygens (including phenoxy) is 2. The van der Waals surface area contributed by atoms with Crippen molar-refractivity contribution in [2.24, 2.45) is 0 Å². The number of pyridine rings is 1. The molecule has 0 atom stereocenters. The molecule has 9 nitrogen and oxygen atoms in total. The molecule has 31 heavy (non-hydrogen) atoms. The zero-order chi connectivity index (χ0) is 22.2. The third kappa shape index (κ3) is 4.99. The van der Waals surface area contributed by atoms with E-state index in [1.807, 2.05) is 6.07 Å². The highest BCUT2D eigenvalue weighted by Crippen LogP contribution is 2.28. The lowest BCUT2D eigenvalue weighted by atomic mass is 10.1. The lowest BCUT2D eigenvalue weighted by Crippen LogP contribution is -2.25. The van der Waals surface area contributed by atoms with Gasteiger partial charge in [0.15, 0.2) is 5.82 Å². The van der Waals surface area contributed by atoms with E-state index >= 15 is 0 Å². The topological polar surface area (TPSA) is 122 Å². The average molecular weight is 421 g/mol. The Morgan fingerprint density at radius 2 is 2.06 bits per heavy atom. The minimum absolute atomic E-state index is 0.224. The second-order valence-electron chi connectivity index (χ2n) is 6.72. The lowest BCUT2D eigenvalue weighted by molar-refractivity contribution is 0.0951. The maximum absolute atomic E-state index is 12.9. The van der Waals surface area contributed by atoms with Gasteiger partial charge in [-0.15, -0.1) is 0 Å². The summed E-state index contributed by atoms with van der Waals surface area (Å²) in [6.07, 6.45) is 4.67. The molecule has 3 rings (SSSR count). The van der Waals surface area contributed by atoms with Crippen molar-refractivity contribution in [3.8, 4) is 28.8 Å². The van der Waals surface area contributed by atoms with Gasteiger partial charge in [0.1, 0.15) is 5.75 Å². The molecular formula is C22H23N5O4. The van der Waals surface area contributed by atoms with E-state index in [1.54, 1.807) is 43.6 Å². The van der Waals surface area contributed by atoms with Crippen LogP contribution in [-0.2, 0) is 4.74 Å². The second-order valence-corrected chi connectivity index (χ2v) is 6.72. The van der Waals surface area contributed by atoms with Gasteiger partial charge in [0, 0.05) is 38.2 Å². The molecule has 0 aliphatic rings. The van der Waals surface area contributed by atoms with Crippen LogP contribution < -0.4 is 15.6 Å². The van der Waals surface area contributed by atoms with Gasteiger partial charge in [-0.2, -0.15) is 5.26 Å². The number of unbranched alkanes of at least 4 members (excludes halogenated alkanes) is 1. The van der Waals surface area contributed by atoms with Gasteiger partial charge in [0.05, 0.1) is 29.9 Å². The second kappa shape index (κ2) is 10.2. The number of hydrogen-bond acceptors (Lipinski definition) is 6. The Bertz CT molecular complexity index is 1140. The fraction of sp³-hybridized carbons (Fsp3) is 0.273. The zero-order valence-corrected chi connectivity index (χ0v) is 17.3. The van der Waals surface area contributed by atoms with Crippen molar-refractivity contribution >= 4 is 5.91 Å². The molecule has 2 aromatic heterocycles. The first kappa shape index (κ1) is 21.8. The van der Waals surface area contributed by atoms with E-state index in [4.69, 9.17) is 14.7 Å². The van der Waals surface area contributed by atoms with Crippen LogP contribution in [-0.4, -0.2) is 48.0 Å². The normalized spacial score (nSPS) is 10.5. The Morgan fingerprint density at radius 1 is 1.23 bits per heavy atom. The predicted molar refractivity (Wildman–Crippen MR) is 114 cm³/mol. The number of rotatable bonds is 9. The van der Waals surface area contributed by atoms with Gasteiger partial charge in [-0.25, -0.2) is 9.67 Å². The Hall–Kier alpha value is -3.90. The highest BCUT2D eigenvalue weighted by atomic mass is 16.5. The maximum Gasteiger partial charge on any atom is 0.280 e. The third-order valence-electron chi connectivity index (χ3n) is 4.69. The van der Waals surface area contributed by atoms with E-state index in [0.29, 0.717) is 47.0 Å². The van der Waals surface area contributed by atoms with Crippen LogP contribution in [0.2, 0.25) is 0 Å². The summed E-state index contributed by atoms with van der Waals surface area (Å²) >= 11 is 0. The van der Waals surface area contributed by atoms with Crippen LogP contribution in [0.3, 0.4) is 0 Å². The number of carbonyl (C=O) groups is 1. The fourth-order valence-corrected chi connectivity index (χ4v) is 3.04. The molecule has 0 bridgehead atoms. The summed E-state index contributed by atoms with van der Waals surface area (Å²) in [5.74, 6) is 0.548. The molecule has 1 aromatic carbocycles. The molecule has 0 aliphatic heterocycles. The number of carbonyl (C=O) groups excluding carboxylic acids is 1. The highest BCUT2D eigenvalue weighted by Gasteiger charge is 2.15. The van der Waals surface area contributed by atoms with Crippen LogP contribution in [0, 0.1) is 11.3 Å². The first-order valence-corrected chi connectivity index (χ1v) is 9.71. The zero-order valence-electron chi connectivity index (χ0n) is 17.3. The molecule has 9 heteroatoms. The first-order valence-electron chi connectivity index (χ1n) is 9.71. The van der Waals surface area contributed by atoms with Crippen LogP contribution in [0.5, 0.6) is 5.75 Å². The van der Waals surface area contributed by atoms with Crippen molar-refractivity contribution in [2.75, 3.05) is 27.4 Å². The molecule has 0 aliphatic carbocycles. The summed E-state index contributed by atoms with van der Waals surface area (Å²) in [5.41, 5.74) is 1.45. The fourth-order valence-electron chi connectivity index (χ4n) is 3.04. The number of H-pyrrole nitrogens is 1. The van der Waals surface area contributed by atoms with Crippen molar-refractivity contribution in [3.63, 3.8) is 0 Å². The molecule has 2 N–H and O–H groups in total. The summed E-state index contributed by atoms with van der Waals surface area (Å²) < 4.78 is 11.6. The molecule has 0 radical (unpaired) electrons. The number of nitriles is 1. The summed E-state index contributed by atoms with van der Waals surface area (Å²) in [6.45, 7) is 1.21. The molecule has 3 aromatic rings. The van der Waals surface area contributed by atoms with Gasteiger partial charge in [0.2, 0.25) is 0 Å². The van der Waals surface area contributed by atoms with E-state index in [9.17, 15) is 9.59 Å². The molecule has 0 saturated carbocycles. The molecule has 0 unspecified atom stereocenters. The predicted octanol–water partition coefficient (Wildman–Crippen LogP) is 2.26. The van der Waals surface area contributed by atoms with E-state index in [2.05, 4.69) is 15.4 Å². The summed E-state index contributed by atoms with van der Waals surface area (Å²) in [6, 6.07) is 10.1. The standard InChI is InChI=1S/C22H23N5O4/c1-30-10-4-3-9-24-21(28)16-6-8-20(25-13-16)27-22(29)18(14-26-27)17-7-5-15(12-23)11-19(17)31-2/h5-8,11,13-14,26H,3-4,9-10H2,1-2H3,(H,24,28). The molecule has 0 saturated heterocycles. The summed E-state index contributed by atoms with van der Waals surface area (Å²) in [7, 11) is 3.12. The number of amides is 1. The molecule has 2 heterocycles. The molecule has 0 spiro atoms. The molecule has 160 valence electrons. The van der Waals surface area contributed by atoms with Gasteiger partial charge in [0.25, 0.3) is 11.5 Å². The third-order valence-corrected chi connectivity index (χ3v) is 4.69. The number of aromatic nitrogens is 3. The molecule has 0 fully saturated rings. The van der Waals surface area contributed by atoms with Gasteiger partial charge in [-0.05, 0) is 43.2 Å². The van der Waals surface area contributed by atoms with Gasteiger partial charge >= 0.3 is 0 Å². The smallest absolute Gasteiger partial charge is 0.280 e. The Kier molecular flexibility index (Phi) is 7.19. The van der Waals surface area contributed by atoms with E-state index < -0.39 is 0 Å². The minimum Gasteiger partial charge on any atom is -0.496 e. The van der Waals surface area contributed by atoms with Crippen molar-refractivity contribution in [1.82, 2.24) is 20.1 Å². The van der Waals surface area contributed by atoms with Crippen molar-refractivity contribution in [2.45, 2.75) is 12.8 Å². The minimum atomic E-state index is -0.328. The average Bonchev–Trinajstić information content (AvgIpc) is 3.19. The SMILES string of the molecule is COCCCCNC(=O)c1ccc(-n2[nH]cc(-c3ccc(C#N)cc3OC)c2=O)nc1. The summed E-state index contributed by atoms with van der Waals surface area (Å²) in [4.78, 5) is 29.4. The van der Waals surface area contributed by atoms with Gasteiger partial charge < -0.3 is 14.8 Å².